The van der Waals surface area contributed by atoms with Crippen LogP contribution in [0.25, 0.3) is 0 Å². The molecule has 2 heterocycles. The molecule has 1 aliphatic heterocycles. The number of amides is 1. The van der Waals surface area contributed by atoms with Crippen LogP contribution in [0.2, 0.25) is 0 Å². The number of carbonyl (C=O) groups excluding carboxylic acids is 1. The Morgan fingerprint density at radius 3 is 2.80 bits per heavy atom. The zero-order valence-corrected chi connectivity index (χ0v) is 12.7. The fourth-order valence-electron chi connectivity index (χ4n) is 2.74. The topological polar surface area (TPSA) is 73.4 Å². The number of imidazole rings is 1. The van der Waals surface area contributed by atoms with Gasteiger partial charge in [-0.25, -0.2) is 4.98 Å². The molecule has 1 atom stereocenters. The summed E-state index contributed by atoms with van der Waals surface area (Å²) in [5.41, 5.74) is 8.05. The first-order valence-corrected chi connectivity index (χ1v) is 7.03. The van der Waals surface area contributed by atoms with E-state index in [0.717, 1.165) is 17.9 Å². The van der Waals surface area contributed by atoms with Gasteiger partial charge in [-0.05, 0) is 0 Å². The average molecular weight is 280 g/mol. The van der Waals surface area contributed by atoms with Gasteiger partial charge < -0.3 is 19.9 Å². The monoisotopic (exact) mass is 280 g/mol. The molecule has 112 valence electrons. The Bertz CT molecular complexity index is 496. The molecule has 0 radical (unpaired) electrons. The van der Waals surface area contributed by atoms with Crippen molar-refractivity contribution in [1.29, 1.82) is 0 Å². The zero-order chi connectivity index (χ0) is 14.9. The standard InChI is InChI=1S/C14H24N4O2/c1-9(2)13-16-11-7-18(6-5-12(11)17(13)3)14(19)10(15)8-20-4/h9-10H,5-8,15H2,1-4H3. The van der Waals surface area contributed by atoms with Crippen LogP contribution in [0.4, 0.5) is 0 Å². The van der Waals surface area contributed by atoms with Crippen molar-refractivity contribution >= 4 is 5.91 Å². The highest BCUT2D eigenvalue weighted by atomic mass is 16.5. The van der Waals surface area contributed by atoms with Crippen LogP contribution in [-0.2, 0) is 29.5 Å². The summed E-state index contributed by atoms with van der Waals surface area (Å²) < 4.78 is 7.11. The van der Waals surface area contributed by atoms with Crippen molar-refractivity contribution < 1.29 is 9.53 Å². The quantitative estimate of drug-likeness (QED) is 0.866. The van der Waals surface area contributed by atoms with Gasteiger partial charge in [0.2, 0.25) is 5.91 Å². The number of methoxy groups -OCH3 is 1. The minimum Gasteiger partial charge on any atom is -0.383 e. The van der Waals surface area contributed by atoms with E-state index in [1.54, 1.807) is 12.0 Å². The molecule has 2 rings (SSSR count). The highest BCUT2D eigenvalue weighted by Crippen LogP contribution is 2.23. The summed E-state index contributed by atoms with van der Waals surface area (Å²) in [7, 11) is 3.60. The third-order valence-electron chi connectivity index (χ3n) is 3.78. The van der Waals surface area contributed by atoms with Gasteiger partial charge in [0.15, 0.2) is 0 Å². The molecule has 0 aliphatic carbocycles. The summed E-state index contributed by atoms with van der Waals surface area (Å²) in [6, 6.07) is -0.588. The molecular formula is C14H24N4O2. The number of nitrogens with two attached hydrogens (primary N) is 1. The molecule has 1 aromatic heterocycles. The third-order valence-corrected chi connectivity index (χ3v) is 3.78. The maximum absolute atomic E-state index is 12.2. The number of hydrogen-bond acceptors (Lipinski definition) is 4. The van der Waals surface area contributed by atoms with Crippen LogP contribution in [0.5, 0.6) is 0 Å². The van der Waals surface area contributed by atoms with Gasteiger partial charge in [-0.3, -0.25) is 4.79 Å². The van der Waals surface area contributed by atoms with Gasteiger partial charge >= 0.3 is 0 Å². The van der Waals surface area contributed by atoms with Crippen LogP contribution >= 0.6 is 0 Å². The Hall–Kier alpha value is -1.40. The van der Waals surface area contributed by atoms with Gasteiger partial charge in [0.1, 0.15) is 11.9 Å². The SMILES string of the molecule is COCC(N)C(=O)N1CCc2c(nc(C(C)C)n2C)C1. The fraction of sp³-hybridized carbons (Fsp3) is 0.714. The molecule has 6 heteroatoms. The molecule has 0 fully saturated rings. The maximum Gasteiger partial charge on any atom is 0.242 e. The van der Waals surface area contributed by atoms with E-state index in [1.165, 1.54) is 5.69 Å². The lowest BCUT2D eigenvalue weighted by atomic mass is 10.1. The summed E-state index contributed by atoms with van der Waals surface area (Å²) in [6.07, 6.45) is 0.830. The van der Waals surface area contributed by atoms with Gasteiger partial charge in [-0.1, -0.05) is 13.8 Å². The lowest BCUT2D eigenvalue weighted by molar-refractivity contribution is -0.134. The number of nitrogens with zero attached hydrogens (tertiary/aromatic N) is 3. The highest BCUT2D eigenvalue weighted by Gasteiger charge is 2.28. The highest BCUT2D eigenvalue weighted by molar-refractivity contribution is 5.82. The lowest BCUT2D eigenvalue weighted by Crippen LogP contribution is -2.47. The molecule has 0 saturated heterocycles. The van der Waals surface area contributed by atoms with Crippen LogP contribution < -0.4 is 5.73 Å². The van der Waals surface area contributed by atoms with E-state index in [1.807, 2.05) is 0 Å². The fourth-order valence-corrected chi connectivity index (χ4v) is 2.74. The first kappa shape index (κ1) is 15.0. The van der Waals surface area contributed by atoms with E-state index in [2.05, 4.69) is 30.4 Å². The molecule has 1 aromatic rings. The summed E-state index contributed by atoms with van der Waals surface area (Å²) in [5, 5.41) is 0. The Balaban J connectivity index is 2.15. The average Bonchev–Trinajstić information content (AvgIpc) is 2.75. The van der Waals surface area contributed by atoms with Gasteiger partial charge in [0.05, 0.1) is 18.8 Å². The first-order valence-electron chi connectivity index (χ1n) is 7.03. The molecule has 0 saturated carbocycles. The number of carbonyl (C=O) groups is 1. The molecule has 6 nitrogen and oxygen atoms in total. The molecule has 0 bridgehead atoms. The predicted molar refractivity (Wildman–Crippen MR) is 76.3 cm³/mol. The second-order valence-corrected chi connectivity index (χ2v) is 5.65. The molecule has 1 aliphatic rings. The molecule has 2 N–H and O–H groups in total. The number of fused-ring (bicyclic) bond motifs is 1. The van der Waals surface area contributed by atoms with Crippen molar-refractivity contribution in [3.63, 3.8) is 0 Å². The molecule has 1 amide bonds. The molecule has 0 spiro atoms. The number of ether oxygens (including phenoxy) is 1. The normalized spacial score (nSPS) is 16.4. The lowest BCUT2D eigenvalue weighted by Gasteiger charge is -2.28. The summed E-state index contributed by atoms with van der Waals surface area (Å²) in [5.74, 6) is 1.39. The molecular weight excluding hydrogens is 256 g/mol. The minimum atomic E-state index is -0.588. The number of rotatable bonds is 4. The third kappa shape index (κ3) is 2.71. The Kier molecular flexibility index (Phi) is 4.45. The van der Waals surface area contributed by atoms with Crippen LogP contribution in [0.3, 0.4) is 0 Å². The second-order valence-electron chi connectivity index (χ2n) is 5.65. The van der Waals surface area contributed by atoms with E-state index in [4.69, 9.17) is 10.5 Å². The maximum atomic E-state index is 12.2. The van der Waals surface area contributed by atoms with Crippen molar-refractivity contribution in [2.75, 3.05) is 20.3 Å². The van der Waals surface area contributed by atoms with Crippen molar-refractivity contribution in [2.45, 2.75) is 38.8 Å². The van der Waals surface area contributed by atoms with Gasteiger partial charge in [-0.2, -0.15) is 0 Å². The van der Waals surface area contributed by atoms with Crippen molar-refractivity contribution in [3.05, 3.63) is 17.2 Å². The Morgan fingerprint density at radius 2 is 2.20 bits per heavy atom. The summed E-state index contributed by atoms with van der Waals surface area (Å²) in [4.78, 5) is 18.7. The Morgan fingerprint density at radius 1 is 1.50 bits per heavy atom. The van der Waals surface area contributed by atoms with Crippen molar-refractivity contribution in [1.82, 2.24) is 14.5 Å². The molecule has 20 heavy (non-hydrogen) atoms. The van der Waals surface area contributed by atoms with Crippen molar-refractivity contribution in [2.24, 2.45) is 12.8 Å². The largest absolute Gasteiger partial charge is 0.383 e. The van der Waals surface area contributed by atoms with E-state index in [-0.39, 0.29) is 12.5 Å². The van der Waals surface area contributed by atoms with Crippen LogP contribution in [-0.4, -0.2) is 46.7 Å². The van der Waals surface area contributed by atoms with Gasteiger partial charge in [0.25, 0.3) is 0 Å². The van der Waals surface area contributed by atoms with Gasteiger partial charge in [-0.15, -0.1) is 0 Å². The van der Waals surface area contributed by atoms with Crippen molar-refractivity contribution in [3.8, 4) is 0 Å². The summed E-state index contributed by atoms with van der Waals surface area (Å²) in [6.45, 7) is 5.75. The van der Waals surface area contributed by atoms with Gasteiger partial charge in [0, 0.05) is 38.7 Å². The first-order chi connectivity index (χ1) is 9.45. The van der Waals surface area contributed by atoms with Crippen LogP contribution in [0, 0.1) is 0 Å². The van der Waals surface area contributed by atoms with E-state index in [9.17, 15) is 4.79 Å². The van der Waals surface area contributed by atoms with E-state index in [0.29, 0.717) is 19.0 Å². The van der Waals surface area contributed by atoms with E-state index < -0.39 is 6.04 Å². The Labute approximate surface area is 119 Å². The zero-order valence-electron chi connectivity index (χ0n) is 12.7. The van der Waals surface area contributed by atoms with E-state index >= 15 is 0 Å². The molecule has 0 aromatic carbocycles. The summed E-state index contributed by atoms with van der Waals surface area (Å²) >= 11 is 0. The van der Waals surface area contributed by atoms with Crippen LogP contribution in [0.15, 0.2) is 0 Å². The van der Waals surface area contributed by atoms with Crippen LogP contribution in [0.1, 0.15) is 37.0 Å². The second kappa shape index (κ2) is 5.93. The predicted octanol–water partition coefficient (Wildman–Crippen LogP) is 0.402. The molecule has 1 unspecified atom stereocenters. The smallest absolute Gasteiger partial charge is 0.242 e. The minimum absolute atomic E-state index is 0.0609. The number of aromatic nitrogens is 2. The number of hydrogen-bond donors (Lipinski definition) is 1.